The number of rotatable bonds is 2. The zero-order valence-electron chi connectivity index (χ0n) is 9.89. The lowest BCUT2D eigenvalue weighted by molar-refractivity contribution is 0.627. The summed E-state index contributed by atoms with van der Waals surface area (Å²) < 4.78 is 13.2. The number of aliphatic imine (C=N–C) groups is 1. The smallest absolute Gasteiger partial charge is 0.152 e. The molecule has 0 fully saturated rings. The monoisotopic (exact) mass is 244 g/mol. The zero-order chi connectivity index (χ0) is 13.1. The number of nitrogens with two attached hydrogens (primary N) is 2. The van der Waals surface area contributed by atoms with Gasteiger partial charge in [0.15, 0.2) is 5.84 Å². The number of nitrogen functional groups attached to an aromatic ring is 1. The molecule has 0 aliphatic rings. The SMILES string of the molecule is Cc1cc(F)cc(N=C(N)c2ncccc2N)c1. The number of aromatic nitrogens is 1. The molecule has 1 aromatic carbocycles. The van der Waals surface area contributed by atoms with Gasteiger partial charge in [-0.15, -0.1) is 0 Å². The summed E-state index contributed by atoms with van der Waals surface area (Å²) in [4.78, 5) is 8.17. The lowest BCUT2D eigenvalue weighted by Crippen LogP contribution is -2.16. The summed E-state index contributed by atoms with van der Waals surface area (Å²) in [6.45, 7) is 1.79. The average Bonchev–Trinajstić information content (AvgIpc) is 2.27. The van der Waals surface area contributed by atoms with Gasteiger partial charge in [0.25, 0.3) is 0 Å². The third kappa shape index (κ3) is 2.63. The standard InChI is InChI=1S/C13H13FN4/c1-8-5-9(14)7-10(6-8)18-13(16)12-11(15)3-2-4-17-12/h2-7H,15H2,1H3,(H2,16,18). The van der Waals surface area contributed by atoms with Gasteiger partial charge >= 0.3 is 0 Å². The summed E-state index contributed by atoms with van der Waals surface area (Å²) in [5.41, 5.74) is 13.6. The van der Waals surface area contributed by atoms with Crippen molar-refractivity contribution in [2.75, 3.05) is 5.73 Å². The third-order valence-electron chi connectivity index (χ3n) is 2.36. The van der Waals surface area contributed by atoms with Gasteiger partial charge in [0.2, 0.25) is 0 Å². The summed E-state index contributed by atoms with van der Waals surface area (Å²) in [5, 5.41) is 0. The highest BCUT2D eigenvalue weighted by molar-refractivity contribution is 6.01. The van der Waals surface area contributed by atoms with E-state index in [1.165, 1.54) is 12.1 Å². The van der Waals surface area contributed by atoms with Gasteiger partial charge in [-0.25, -0.2) is 9.38 Å². The summed E-state index contributed by atoms with van der Waals surface area (Å²) in [5.74, 6) is -0.186. The molecule has 18 heavy (non-hydrogen) atoms. The molecule has 0 aliphatic carbocycles. The first kappa shape index (κ1) is 12.0. The Morgan fingerprint density at radius 1 is 1.33 bits per heavy atom. The van der Waals surface area contributed by atoms with Crippen molar-refractivity contribution in [2.45, 2.75) is 6.92 Å². The van der Waals surface area contributed by atoms with Crippen molar-refractivity contribution in [1.29, 1.82) is 0 Å². The van der Waals surface area contributed by atoms with E-state index in [0.717, 1.165) is 5.56 Å². The maximum absolute atomic E-state index is 13.2. The van der Waals surface area contributed by atoms with Crippen molar-refractivity contribution in [3.8, 4) is 0 Å². The predicted molar refractivity (Wildman–Crippen MR) is 70.2 cm³/mol. The summed E-state index contributed by atoms with van der Waals surface area (Å²) in [7, 11) is 0. The molecular weight excluding hydrogens is 231 g/mol. The highest BCUT2D eigenvalue weighted by atomic mass is 19.1. The van der Waals surface area contributed by atoms with Crippen molar-refractivity contribution < 1.29 is 4.39 Å². The minimum Gasteiger partial charge on any atom is -0.397 e. The Kier molecular flexibility index (Phi) is 3.23. The largest absolute Gasteiger partial charge is 0.397 e. The number of aryl methyl sites for hydroxylation is 1. The minimum absolute atomic E-state index is 0.165. The number of hydrogen-bond acceptors (Lipinski definition) is 3. The molecule has 0 radical (unpaired) electrons. The van der Waals surface area contributed by atoms with Gasteiger partial charge in [-0.05, 0) is 42.8 Å². The molecular formula is C13H13FN4. The van der Waals surface area contributed by atoms with Gasteiger partial charge in [-0.1, -0.05) is 0 Å². The van der Waals surface area contributed by atoms with Crippen LogP contribution in [0.25, 0.3) is 0 Å². The fourth-order valence-electron chi connectivity index (χ4n) is 1.61. The fourth-order valence-corrected chi connectivity index (χ4v) is 1.61. The Morgan fingerprint density at radius 2 is 2.11 bits per heavy atom. The lowest BCUT2D eigenvalue weighted by atomic mass is 10.2. The average molecular weight is 244 g/mol. The van der Waals surface area contributed by atoms with Gasteiger partial charge in [0.05, 0.1) is 11.4 Å². The molecule has 4 nitrogen and oxygen atoms in total. The maximum atomic E-state index is 13.2. The summed E-state index contributed by atoms with van der Waals surface area (Å²) in [6.07, 6.45) is 1.57. The van der Waals surface area contributed by atoms with E-state index in [2.05, 4.69) is 9.98 Å². The van der Waals surface area contributed by atoms with Crippen LogP contribution >= 0.6 is 0 Å². The topological polar surface area (TPSA) is 77.3 Å². The van der Waals surface area contributed by atoms with Gasteiger partial charge in [0.1, 0.15) is 11.5 Å². The predicted octanol–water partition coefficient (Wildman–Crippen LogP) is 2.15. The van der Waals surface area contributed by atoms with E-state index in [0.29, 0.717) is 17.1 Å². The van der Waals surface area contributed by atoms with E-state index in [4.69, 9.17) is 11.5 Å². The number of amidine groups is 1. The molecule has 0 unspecified atom stereocenters. The molecule has 5 heteroatoms. The number of anilines is 1. The van der Waals surface area contributed by atoms with Crippen LogP contribution in [-0.4, -0.2) is 10.8 Å². The molecule has 0 amide bonds. The molecule has 2 rings (SSSR count). The van der Waals surface area contributed by atoms with Crippen LogP contribution in [0, 0.1) is 12.7 Å². The van der Waals surface area contributed by atoms with E-state index in [-0.39, 0.29) is 11.7 Å². The lowest BCUT2D eigenvalue weighted by Gasteiger charge is -2.04. The third-order valence-corrected chi connectivity index (χ3v) is 2.36. The van der Waals surface area contributed by atoms with Gasteiger partial charge < -0.3 is 11.5 Å². The van der Waals surface area contributed by atoms with E-state index in [1.807, 2.05) is 0 Å². The molecule has 1 aromatic heterocycles. The number of benzene rings is 1. The van der Waals surface area contributed by atoms with Crippen LogP contribution in [-0.2, 0) is 0 Å². The molecule has 0 aliphatic heterocycles. The van der Waals surface area contributed by atoms with Crippen LogP contribution in [0.1, 0.15) is 11.3 Å². The summed E-state index contributed by atoms with van der Waals surface area (Å²) >= 11 is 0. The van der Waals surface area contributed by atoms with Crippen molar-refractivity contribution in [3.05, 3.63) is 53.6 Å². The van der Waals surface area contributed by atoms with Crippen LogP contribution in [0.5, 0.6) is 0 Å². The number of nitrogens with zero attached hydrogens (tertiary/aromatic N) is 2. The van der Waals surface area contributed by atoms with Crippen molar-refractivity contribution in [2.24, 2.45) is 10.7 Å². The number of halogens is 1. The van der Waals surface area contributed by atoms with Gasteiger partial charge in [-0.2, -0.15) is 0 Å². The molecule has 0 spiro atoms. The van der Waals surface area contributed by atoms with Crippen molar-refractivity contribution in [3.63, 3.8) is 0 Å². The van der Waals surface area contributed by atoms with Gasteiger partial charge in [-0.3, -0.25) is 4.98 Å². The first-order valence-corrected chi connectivity index (χ1v) is 5.38. The molecule has 0 saturated heterocycles. The van der Waals surface area contributed by atoms with Gasteiger partial charge in [0, 0.05) is 6.20 Å². The second kappa shape index (κ2) is 4.83. The van der Waals surface area contributed by atoms with E-state index < -0.39 is 0 Å². The van der Waals surface area contributed by atoms with E-state index in [1.54, 1.807) is 31.3 Å². The highest BCUT2D eigenvalue weighted by Gasteiger charge is 2.05. The molecule has 2 aromatic rings. The van der Waals surface area contributed by atoms with Crippen molar-refractivity contribution in [1.82, 2.24) is 4.98 Å². The molecule has 1 heterocycles. The van der Waals surface area contributed by atoms with Crippen LogP contribution in [0.15, 0.2) is 41.5 Å². The van der Waals surface area contributed by atoms with Crippen LogP contribution in [0.4, 0.5) is 15.8 Å². The Hall–Kier alpha value is -2.43. The van der Waals surface area contributed by atoms with Crippen LogP contribution in [0.2, 0.25) is 0 Å². The first-order chi connectivity index (χ1) is 8.56. The van der Waals surface area contributed by atoms with Crippen LogP contribution in [0.3, 0.4) is 0 Å². The highest BCUT2D eigenvalue weighted by Crippen LogP contribution is 2.18. The molecule has 4 N–H and O–H groups in total. The number of hydrogen-bond donors (Lipinski definition) is 2. The second-order valence-corrected chi connectivity index (χ2v) is 3.93. The summed E-state index contributed by atoms with van der Waals surface area (Å²) in [6, 6.07) is 7.85. The zero-order valence-corrected chi connectivity index (χ0v) is 9.89. The minimum atomic E-state index is -0.351. The maximum Gasteiger partial charge on any atom is 0.152 e. The number of pyridine rings is 1. The Bertz CT molecular complexity index is 587. The molecule has 0 saturated carbocycles. The van der Waals surface area contributed by atoms with E-state index in [9.17, 15) is 4.39 Å². The Morgan fingerprint density at radius 3 is 2.78 bits per heavy atom. The molecule has 92 valence electrons. The normalized spacial score (nSPS) is 11.6. The quantitative estimate of drug-likeness (QED) is 0.627. The van der Waals surface area contributed by atoms with E-state index >= 15 is 0 Å². The second-order valence-electron chi connectivity index (χ2n) is 3.93. The molecule has 0 atom stereocenters. The fraction of sp³-hybridized carbons (Fsp3) is 0.0769. The van der Waals surface area contributed by atoms with Crippen molar-refractivity contribution >= 4 is 17.2 Å². The molecule has 0 bridgehead atoms. The Labute approximate surface area is 104 Å². The van der Waals surface area contributed by atoms with Crippen LogP contribution < -0.4 is 11.5 Å². The Balaban J connectivity index is 2.42. The first-order valence-electron chi connectivity index (χ1n) is 5.38.